The Hall–Kier alpha value is -2.98. The van der Waals surface area contributed by atoms with Crippen LogP contribution in [0.1, 0.15) is 40.2 Å². The number of methoxy groups -OCH3 is 1. The third-order valence-electron chi connectivity index (χ3n) is 5.96. The number of nitrogens with zero attached hydrogens (tertiary/aromatic N) is 3. The Labute approximate surface area is 193 Å². The summed E-state index contributed by atoms with van der Waals surface area (Å²) in [4.78, 5) is 31.4. The number of ether oxygens (including phenoxy) is 1. The van der Waals surface area contributed by atoms with E-state index in [1.807, 2.05) is 6.07 Å². The van der Waals surface area contributed by atoms with Crippen molar-refractivity contribution in [2.45, 2.75) is 32.4 Å². The van der Waals surface area contributed by atoms with Crippen molar-refractivity contribution in [2.24, 2.45) is 5.92 Å². The first-order valence-electron chi connectivity index (χ1n) is 10.7. The van der Waals surface area contributed by atoms with Gasteiger partial charge < -0.3 is 15.0 Å². The molecule has 0 spiro atoms. The Morgan fingerprint density at radius 2 is 2.00 bits per heavy atom. The number of benzene rings is 1. The number of sulfonamides is 1. The normalized spacial score (nSPS) is 15.5. The predicted molar refractivity (Wildman–Crippen MR) is 125 cm³/mol. The van der Waals surface area contributed by atoms with Crippen molar-refractivity contribution in [3.63, 3.8) is 0 Å². The number of hydrogen-bond donors (Lipinski definition) is 1. The molecule has 0 bridgehead atoms. The lowest BCUT2D eigenvalue weighted by Crippen LogP contribution is -2.26. The molecule has 0 saturated heterocycles. The van der Waals surface area contributed by atoms with Crippen LogP contribution in [0, 0.1) is 5.92 Å². The van der Waals surface area contributed by atoms with Gasteiger partial charge in [-0.05, 0) is 36.6 Å². The fraction of sp³-hybridized carbons (Fsp3) is 0.435. The number of pyridine rings is 1. The van der Waals surface area contributed by atoms with Gasteiger partial charge in [-0.3, -0.25) is 18.9 Å². The van der Waals surface area contributed by atoms with Gasteiger partial charge in [-0.1, -0.05) is 6.07 Å². The summed E-state index contributed by atoms with van der Waals surface area (Å²) < 4.78 is 31.0. The Kier molecular flexibility index (Phi) is 6.15. The van der Waals surface area contributed by atoms with E-state index in [9.17, 15) is 18.0 Å². The first-order valence-corrected chi connectivity index (χ1v) is 12.6. The molecule has 2 aromatic rings. The van der Waals surface area contributed by atoms with Gasteiger partial charge in [-0.15, -0.1) is 0 Å². The first-order chi connectivity index (χ1) is 15.6. The Balaban J connectivity index is 1.77. The molecule has 0 atom stereocenters. The van der Waals surface area contributed by atoms with E-state index in [1.54, 1.807) is 37.3 Å². The molecule has 1 saturated carbocycles. The van der Waals surface area contributed by atoms with Gasteiger partial charge in [0.25, 0.3) is 5.91 Å². The largest absolute Gasteiger partial charge is 0.380 e. The molecule has 0 unspecified atom stereocenters. The first kappa shape index (κ1) is 23.2. The molecule has 33 heavy (non-hydrogen) atoms. The van der Waals surface area contributed by atoms with E-state index in [0.717, 1.165) is 24.7 Å². The summed E-state index contributed by atoms with van der Waals surface area (Å²) in [6.07, 6.45) is 3.19. The molecule has 1 fully saturated rings. The second kappa shape index (κ2) is 8.75. The van der Waals surface area contributed by atoms with Crippen molar-refractivity contribution < 1.29 is 22.7 Å². The van der Waals surface area contributed by atoms with E-state index in [4.69, 9.17) is 4.74 Å². The fourth-order valence-corrected chi connectivity index (χ4v) is 4.45. The number of Topliss-reactive ketones (excluding diaryl/α,β-unsaturated/α-hetero) is 1. The highest BCUT2D eigenvalue weighted by atomic mass is 32.2. The van der Waals surface area contributed by atoms with Crippen LogP contribution in [0.2, 0.25) is 0 Å². The second-order valence-electron chi connectivity index (χ2n) is 8.70. The van der Waals surface area contributed by atoms with Gasteiger partial charge in [0, 0.05) is 33.5 Å². The Bertz CT molecular complexity index is 1220. The average molecular weight is 473 g/mol. The molecule has 1 N–H and O–H groups in total. The highest BCUT2D eigenvalue weighted by Gasteiger charge is 2.33. The summed E-state index contributed by atoms with van der Waals surface area (Å²) in [6, 6.07) is 7.05. The summed E-state index contributed by atoms with van der Waals surface area (Å²) in [5, 5.41) is 3.26. The average Bonchev–Trinajstić information content (AvgIpc) is 3.55. The standard InChI is InChI=1S/C23H28N4O5S/c1-26-12-19-22(23(26)29)18(10-16(24-19)11-21(28)15-6-7-15)25-17-8-5-14(13-32-3)9-20(17)27(2)33(4,30)31/h5,8-10,15H,6-7,11-13H2,1-4H3,(H,24,25). The smallest absolute Gasteiger partial charge is 0.257 e. The molecule has 1 aromatic heterocycles. The van der Waals surface area contributed by atoms with Gasteiger partial charge in [-0.2, -0.15) is 0 Å². The van der Waals surface area contributed by atoms with Gasteiger partial charge in [0.1, 0.15) is 5.78 Å². The van der Waals surface area contributed by atoms with Crippen molar-refractivity contribution in [1.29, 1.82) is 0 Å². The number of rotatable bonds is 9. The number of carbonyl (C=O) groups is 2. The molecule has 2 aliphatic rings. The maximum atomic E-state index is 12.8. The summed E-state index contributed by atoms with van der Waals surface area (Å²) in [6.45, 7) is 0.684. The summed E-state index contributed by atoms with van der Waals surface area (Å²) in [5.74, 6) is 0.102. The molecule has 4 rings (SSSR count). The highest BCUT2D eigenvalue weighted by molar-refractivity contribution is 7.92. The Morgan fingerprint density at radius 1 is 1.27 bits per heavy atom. The number of fused-ring (bicyclic) bond motifs is 1. The lowest BCUT2D eigenvalue weighted by Gasteiger charge is -2.23. The number of amides is 1. The Morgan fingerprint density at radius 3 is 2.64 bits per heavy atom. The third-order valence-corrected chi connectivity index (χ3v) is 7.15. The third kappa shape index (κ3) is 4.86. The molecule has 1 amide bonds. The number of carbonyl (C=O) groups excluding carboxylic acids is 2. The zero-order valence-corrected chi connectivity index (χ0v) is 20.0. The zero-order valence-electron chi connectivity index (χ0n) is 19.2. The van der Waals surface area contributed by atoms with Crippen LogP contribution in [-0.4, -0.2) is 57.5 Å². The molecular weight excluding hydrogens is 444 g/mol. The molecule has 1 aliphatic carbocycles. The van der Waals surface area contributed by atoms with Gasteiger partial charge in [-0.25, -0.2) is 8.42 Å². The highest BCUT2D eigenvalue weighted by Crippen LogP contribution is 2.36. The van der Waals surface area contributed by atoms with E-state index in [1.165, 1.54) is 11.4 Å². The van der Waals surface area contributed by atoms with Gasteiger partial charge in [0.05, 0.1) is 53.4 Å². The molecule has 9 nitrogen and oxygen atoms in total. The summed E-state index contributed by atoms with van der Waals surface area (Å²) in [7, 11) is 1.20. The van der Waals surface area contributed by atoms with Crippen LogP contribution in [0.25, 0.3) is 0 Å². The zero-order chi connectivity index (χ0) is 23.9. The van der Waals surface area contributed by atoms with Gasteiger partial charge in [0.15, 0.2) is 0 Å². The van der Waals surface area contributed by atoms with Crippen molar-refractivity contribution >= 4 is 38.8 Å². The molecule has 1 aromatic carbocycles. The maximum absolute atomic E-state index is 12.8. The SMILES string of the molecule is COCc1ccc(Nc2cc(CC(=O)C3CC3)nc3c2C(=O)N(C)C3)c(N(C)S(C)(=O)=O)c1. The van der Waals surface area contributed by atoms with E-state index in [2.05, 4.69) is 10.3 Å². The van der Waals surface area contributed by atoms with Crippen molar-refractivity contribution in [1.82, 2.24) is 9.88 Å². The number of anilines is 3. The number of nitrogens with one attached hydrogen (secondary N) is 1. The van der Waals surface area contributed by atoms with Crippen LogP contribution in [0.3, 0.4) is 0 Å². The number of aromatic nitrogens is 1. The van der Waals surface area contributed by atoms with E-state index < -0.39 is 10.0 Å². The van der Waals surface area contributed by atoms with Crippen LogP contribution < -0.4 is 9.62 Å². The maximum Gasteiger partial charge on any atom is 0.257 e. The van der Waals surface area contributed by atoms with Gasteiger partial charge >= 0.3 is 0 Å². The summed E-state index contributed by atoms with van der Waals surface area (Å²) in [5.41, 5.74) is 3.90. The quantitative estimate of drug-likeness (QED) is 0.597. The van der Waals surface area contributed by atoms with E-state index in [-0.39, 0.29) is 24.0 Å². The van der Waals surface area contributed by atoms with Crippen LogP contribution >= 0.6 is 0 Å². The van der Waals surface area contributed by atoms with E-state index >= 15 is 0 Å². The molecule has 176 valence electrons. The molecule has 2 heterocycles. The molecular formula is C23H28N4O5S. The minimum absolute atomic E-state index is 0.115. The number of hydrogen-bond acceptors (Lipinski definition) is 7. The van der Waals surface area contributed by atoms with Crippen molar-refractivity contribution in [3.8, 4) is 0 Å². The lowest BCUT2D eigenvalue weighted by molar-refractivity contribution is -0.119. The van der Waals surface area contributed by atoms with Crippen LogP contribution in [0.4, 0.5) is 17.1 Å². The molecule has 10 heteroatoms. The minimum Gasteiger partial charge on any atom is -0.380 e. The molecule has 0 radical (unpaired) electrons. The van der Waals surface area contributed by atoms with Crippen molar-refractivity contribution in [2.75, 3.05) is 37.1 Å². The van der Waals surface area contributed by atoms with Crippen LogP contribution in [-0.2, 0) is 39.1 Å². The van der Waals surface area contributed by atoms with Crippen LogP contribution in [0.5, 0.6) is 0 Å². The fourth-order valence-electron chi connectivity index (χ4n) is 3.94. The number of ketones is 1. The topological polar surface area (TPSA) is 109 Å². The molecule has 1 aliphatic heterocycles. The van der Waals surface area contributed by atoms with Gasteiger partial charge in [0.2, 0.25) is 10.0 Å². The van der Waals surface area contributed by atoms with Crippen molar-refractivity contribution in [3.05, 3.63) is 46.8 Å². The lowest BCUT2D eigenvalue weighted by atomic mass is 10.1. The monoisotopic (exact) mass is 472 g/mol. The van der Waals surface area contributed by atoms with E-state index in [0.29, 0.717) is 47.2 Å². The predicted octanol–water partition coefficient (Wildman–Crippen LogP) is 2.47. The second-order valence-corrected chi connectivity index (χ2v) is 10.7. The summed E-state index contributed by atoms with van der Waals surface area (Å²) >= 11 is 0. The minimum atomic E-state index is -3.54. The van der Waals surface area contributed by atoms with Crippen LogP contribution in [0.15, 0.2) is 24.3 Å².